The van der Waals surface area contributed by atoms with Crippen molar-refractivity contribution < 1.29 is 110 Å². The molecule has 0 aliphatic carbocycles. The number of hydroxylamine groups is 2. The quantitative estimate of drug-likeness (QED) is 0.127. The van der Waals surface area contributed by atoms with Gasteiger partial charge in [-0.1, -0.05) is 12.8 Å². The second-order valence-corrected chi connectivity index (χ2v) is 8.35. The third-order valence-corrected chi connectivity index (χ3v) is 4.76. The first-order valence-corrected chi connectivity index (χ1v) is 9.64. The van der Waals surface area contributed by atoms with Gasteiger partial charge in [0.25, 0.3) is 0 Å². The number of nitrogens with zero attached hydrogens (tertiary/aromatic N) is 1. The van der Waals surface area contributed by atoms with E-state index in [4.69, 9.17) is 5.21 Å². The molecule has 0 spiro atoms. The summed E-state index contributed by atoms with van der Waals surface area (Å²) in [5.41, 5.74) is 0. The van der Waals surface area contributed by atoms with Crippen LogP contribution in [0.4, 0.5) is 78.0 Å². The van der Waals surface area contributed by atoms with Crippen LogP contribution >= 0.6 is 0 Å². The summed E-state index contributed by atoms with van der Waals surface area (Å²) in [5.74, 6) is -16.3. The summed E-state index contributed by atoms with van der Waals surface area (Å²) in [6, 6.07) is 0. The van der Waals surface area contributed by atoms with E-state index in [1.165, 1.54) is 9.47 Å². The molecule has 0 bridgehead atoms. The van der Waals surface area contributed by atoms with Crippen LogP contribution in [0, 0.1) is 0 Å². The zero-order valence-electron chi connectivity index (χ0n) is 15.0. The van der Waals surface area contributed by atoms with Gasteiger partial charge in [-0.2, -0.15) is 87.1 Å². The second kappa shape index (κ2) is 8.76. The minimum atomic E-state index is -8.25. The summed E-state index contributed by atoms with van der Waals surface area (Å²) in [7, 11) is -16.5. The third-order valence-electron chi connectivity index (χ3n) is 3.06. The van der Waals surface area contributed by atoms with Crippen LogP contribution in [0.2, 0.25) is 0 Å². The number of hydrogen-bond acceptors (Lipinski definition) is 8. The lowest BCUT2D eigenvalue weighted by Gasteiger charge is -2.43. The summed E-state index contributed by atoms with van der Waals surface area (Å²) in [4.78, 5) is 0. The summed E-state index contributed by atoms with van der Waals surface area (Å²) < 4.78 is 275. The lowest BCUT2D eigenvalue weighted by atomic mass is 10.3. The predicted octanol–water partition coefficient (Wildman–Crippen LogP) is 4.05. The van der Waals surface area contributed by atoms with Crippen molar-refractivity contribution in [2.45, 2.75) is 47.0 Å². The van der Waals surface area contributed by atoms with Gasteiger partial charge in [0.05, 0.1) is 0 Å². The van der Waals surface area contributed by atoms with Gasteiger partial charge in [-0.25, -0.2) is 0 Å². The summed E-state index contributed by atoms with van der Waals surface area (Å²) in [5, 5.41) is -11.4. The van der Waals surface area contributed by atoms with Crippen molar-refractivity contribution in [1.29, 1.82) is 0 Å². The number of rotatable bonds is 10. The highest BCUT2D eigenvalue weighted by molar-refractivity contribution is 7.87. The summed E-state index contributed by atoms with van der Waals surface area (Å²) in [6.07, 6.45) is -32.2. The van der Waals surface area contributed by atoms with Gasteiger partial charge in [-0.15, -0.1) is 0 Å². The molecule has 8 nitrogen and oxygen atoms in total. The Morgan fingerprint density at radius 1 is 0.500 bits per heavy atom. The van der Waals surface area contributed by atoms with E-state index in [9.17, 15) is 94.9 Å². The van der Waals surface area contributed by atoms with Gasteiger partial charge in [-0.05, 0) is 0 Å². The summed E-state index contributed by atoms with van der Waals surface area (Å²) in [6.45, 7) is 0. The molecule has 2 atom stereocenters. The number of halogens is 18. The Morgan fingerprint density at radius 2 is 0.694 bits per heavy atom. The fraction of sp³-hybridized carbons (Fsp3) is 1.00. The van der Waals surface area contributed by atoms with Gasteiger partial charge in [-0.3, -0.25) is 9.47 Å². The highest BCUT2D eigenvalue weighted by Crippen LogP contribution is 2.54. The van der Waals surface area contributed by atoms with Gasteiger partial charge in [0.2, 0.25) is 0 Å². The van der Waals surface area contributed by atoms with E-state index in [2.05, 4.69) is 0 Å². The molecule has 0 saturated heterocycles. The van der Waals surface area contributed by atoms with Crippen LogP contribution in [-0.4, -0.2) is 74.1 Å². The topological polar surface area (TPSA) is 110 Å². The molecule has 0 fully saturated rings. The van der Waals surface area contributed by atoms with E-state index >= 15 is 0 Å². The average Bonchev–Trinajstić information content (AvgIpc) is 2.55. The molecule has 0 rings (SSSR count). The molecule has 0 radical (unpaired) electrons. The molecule has 0 aromatic carbocycles. The fourth-order valence-electron chi connectivity index (χ4n) is 1.37. The van der Waals surface area contributed by atoms with E-state index in [-0.39, 0.29) is 0 Å². The van der Waals surface area contributed by atoms with Gasteiger partial charge >= 0.3 is 67.5 Å². The monoisotopic (exact) mass is 629 g/mol. The van der Waals surface area contributed by atoms with Crippen molar-refractivity contribution in [3.63, 3.8) is 0 Å². The lowest BCUT2D eigenvalue weighted by molar-refractivity contribution is -0.591. The van der Waals surface area contributed by atoms with Crippen LogP contribution in [-0.2, 0) is 29.9 Å². The fourth-order valence-corrected chi connectivity index (χ4v) is 2.02. The van der Waals surface area contributed by atoms with Crippen LogP contribution in [0.3, 0.4) is 0 Å². The SMILES string of the molecule is O=S(=O)(F)C(F)(F)C(F)(F)OC(F)(N(O)C(F)(OC(F)(F)C(F)(F)S(=O)(=O)F)C(F)(F)F)C(F)(F)F. The molecule has 0 aliphatic rings. The van der Waals surface area contributed by atoms with Crippen LogP contribution < -0.4 is 0 Å². The summed E-state index contributed by atoms with van der Waals surface area (Å²) >= 11 is 0. The maximum atomic E-state index is 14.0. The molecule has 0 heterocycles. The van der Waals surface area contributed by atoms with Crippen molar-refractivity contribution in [2.24, 2.45) is 0 Å². The normalized spacial score (nSPS) is 19.2. The van der Waals surface area contributed by atoms with Crippen LogP contribution in [0.25, 0.3) is 0 Å². The Balaban J connectivity index is 7.19. The Morgan fingerprint density at radius 3 is 0.833 bits per heavy atom. The molecule has 0 aromatic heterocycles. The smallest absolute Gasteiger partial charge is 0.304 e. The Kier molecular flexibility index (Phi) is 8.39. The maximum Gasteiger partial charge on any atom is 0.467 e. The molecule has 0 saturated carbocycles. The number of alkyl halides is 16. The van der Waals surface area contributed by atoms with E-state index in [0.717, 1.165) is 0 Å². The maximum absolute atomic E-state index is 14.0. The highest BCUT2D eigenvalue weighted by Gasteiger charge is 2.83. The minimum absolute atomic E-state index is 1.29. The van der Waals surface area contributed by atoms with E-state index in [1.54, 1.807) is 0 Å². The first-order chi connectivity index (χ1) is 15.1. The van der Waals surface area contributed by atoms with Gasteiger partial charge in [0.15, 0.2) is 0 Å². The van der Waals surface area contributed by atoms with Crippen LogP contribution in [0.5, 0.6) is 0 Å². The van der Waals surface area contributed by atoms with Gasteiger partial charge in [0.1, 0.15) is 0 Å². The molecule has 0 aromatic rings. The van der Waals surface area contributed by atoms with Crippen LogP contribution in [0.15, 0.2) is 0 Å². The Hall–Kier alpha value is -1.52. The van der Waals surface area contributed by atoms with E-state index < -0.39 is 72.5 Å². The standard InChI is InChI=1S/C8HF18NO7S2/c9-1(10,11)7(23,33-3(15,16)5(19,20)35(25,29)30)27(28)8(24,2(12,13)14)34-4(17,18)6(21,22)36(26,31)32/h28H. The molecule has 1 N–H and O–H groups in total. The van der Waals surface area contributed by atoms with Gasteiger partial charge in [0, 0.05) is 0 Å². The molecule has 36 heavy (non-hydrogen) atoms. The average molecular weight is 629 g/mol. The Labute approximate surface area is 183 Å². The minimum Gasteiger partial charge on any atom is -0.304 e. The van der Waals surface area contributed by atoms with Crippen molar-refractivity contribution in [3.8, 4) is 0 Å². The van der Waals surface area contributed by atoms with E-state index in [1.807, 2.05) is 0 Å². The Bertz CT molecular complexity index is 955. The predicted molar refractivity (Wildman–Crippen MR) is 65.4 cm³/mol. The molecular weight excluding hydrogens is 628 g/mol. The van der Waals surface area contributed by atoms with Crippen molar-refractivity contribution >= 4 is 20.4 Å². The molecule has 0 amide bonds. The van der Waals surface area contributed by atoms with Crippen molar-refractivity contribution in [3.05, 3.63) is 0 Å². The first kappa shape index (κ1) is 34.5. The number of ether oxygens (including phenoxy) is 2. The highest BCUT2D eigenvalue weighted by atomic mass is 32.3. The second-order valence-electron chi connectivity index (χ2n) is 5.58. The lowest BCUT2D eigenvalue weighted by Crippen LogP contribution is -2.72. The van der Waals surface area contributed by atoms with Crippen LogP contribution in [0.1, 0.15) is 0 Å². The first-order valence-electron chi connectivity index (χ1n) is 6.87. The van der Waals surface area contributed by atoms with E-state index in [0.29, 0.717) is 0 Å². The zero-order valence-corrected chi connectivity index (χ0v) is 16.6. The molecule has 2 unspecified atom stereocenters. The molecule has 28 heteroatoms. The largest absolute Gasteiger partial charge is 0.467 e. The number of hydrogen-bond donors (Lipinski definition) is 1. The van der Waals surface area contributed by atoms with Crippen molar-refractivity contribution in [1.82, 2.24) is 5.06 Å². The van der Waals surface area contributed by atoms with Crippen molar-refractivity contribution in [2.75, 3.05) is 0 Å². The zero-order chi connectivity index (χ0) is 30.0. The molecule has 0 aliphatic heterocycles. The molecular formula is C8HF18NO7S2. The molecule has 218 valence electrons. The third kappa shape index (κ3) is 5.50. The van der Waals surface area contributed by atoms with Gasteiger partial charge < -0.3 is 5.21 Å².